The summed E-state index contributed by atoms with van der Waals surface area (Å²) in [7, 11) is 1.66. The summed E-state index contributed by atoms with van der Waals surface area (Å²) in [5.41, 5.74) is 3.30. The number of anilines is 2. The second-order valence-electron chi connectivity index (χ2n) is 6.48. The minimum absolute atomic E-state index is 0.0363. The Bertz CT molecular complexity index is 695. The Hall–Kier alpha value is -2.14. The molecule has 1 amide bonds. The lowest BCUT2D eigenvalue weighted by Crippen LogP contribution is -2.29. The summed E-state index contributed by atoms with van der Waals surface area (Å²) >= 11 is 1.61. The molecule has 3 rings (SSSR count). The van der Waals surface area contributed by atoms with Gasteiger partial charge in [0.05, 0.1) is 12.9 Å². The number of ether oxygens (including phenoxy) is 1. The van der Waals surface area contributed by atoms with Crippen LogP contribution < -0.4 is 15.0 Å². The molecule has 1 heterocycles. The van der Waals surface area contributed by atoms with E-state index < -0.39 is 0 Å². The number of hydrogen-bond acceptors (Lipinski definition) is 4. The third-order valence-electron chi connectivity index (χ3n) is 4.53. The van der Waals surface area contributed by atoms with Crippen LogP contribution in [0.4, 0.5) is 11.4 Å². The maximum absolute atomic E-state index is 12.1. The Labute approximate surface area is 159 Å². The molecular weight excluding hydrogens is 344 g/mol. The molecule has 0 saturated carbocycles. The molecule has 0 atom stereocenters. The number of piperidine rings is 1. The van der Waals surface area contributed by atoms with E-state index in [0.717, 1.165) is 30.3 Å². The Morgan fingerprint density at radius 1 is 1.04 bits per heavy atom. The molecule has 2 aromatic rings. The molecular formula is C21H26N2O2S. The monoisotopic (exact) mass is 370 g/mol. The van der Waals surface area contributed by atoms with Crippen LogP contribution in [-0.2, 0) is 10.5 Å². The number of benzene rings is 2. The van der Waals surface area contributed by atoms with Crippen LogP contribution in [0.15, 0.2) is 48.5 Å². The molecule has 1 saturated heterocycles. The number of nitrogens with one attached hydrogen (secondary N) is 1. The molecule has 0 aromatic heterocycles. The highest BCUT2D eigenvalue weighted by Gasteiger charge is 2.11. The number of carbonyl (C=O) groups excluding carboxylic acids is 1. The van der Waals surface area contributed by atoms with Gasteiger partial charge in [-0.3, -0.25) is 4.79 Å². The number of nitrogens with zero attached hydrogens (tertiary/aromatic N) is 1. The lowest BCUT2D eigenvalue weighted by Gasteiger charge is -2.28. The first kappa shape index (κ1) is 18.6. The van der Waals surface area contributed by atoms with Gasteiger partial charge in [-0.15, -0.1) is 11.8 Å². The van der Waals surface area contributed by atoms with Crippen molar-refractivity contribution in [1.29, 1.82) is 0 Å². The summed E-state index contributed by atoms with van der Waals surface area (Å²) in [4.78, 5) is 14.5. The quantitative estimate of drug-likeness (QED) is 0.776. The number of carbonyl (C=O) groups is 1. The van der Waals surface area contributed by atoms with E-state index in [1.807, 2.05) is 36.4 Å². The molecule has 0 unspecified atom stereocenters. The van der Waals surface area contributed by atoms with E-state index in [1.165, 1.54) is 30.5 Å². The fraction of sp³-hybridized carbons (Fsp3) is 0.381. The Balaban J connectivity index is 1.42. The molecule has 0 bridgehead atoms. The number of methoxy groups -OCH3 is 1. The largest absolute Gasteiger partial charge is 0.497 e. The first-order valence-corrected chi connectivity index (χ1v) is 10.3. The van der Waals surface area contributed by atoms with Crippen LogP contribution in [0, 0.1) is 0 Å². The van der Waals surface area contributed by atoms with Gasteiger partial charge in [-0.2, -0.15) is 0 Å². The molecule has 2 aromatic carbocycles. The highest BCUT2D eigenvalue weighted by atomic mass is 32.2. The molecule has 1 fully saturated rings. The summed E-state index contributed by atoms with van der Waals surface area (Å²) in [6.07, 6.45) is 3.87. The van der Waals surface area contributed by atoms with Gasteiger partial charge in [0.1, 0.15) is 5.75 Å². The fourth-order valence-electron chi connectivity index (χ4n) is 3.09. The van der Waals surface area contributed by atoms with E-state index in [0.29, 0.717) is 5.75 Å². The molecule has 0 aliphatic carbocycles. The topological polar surface area (TPSA) is 41.6 Å². The third kappa shape index (κ3) is 5.43. The van der Waals surface area contributed by atoms with Gasteiger partial charge in [0.15, 0.2) is 0 Å². The van der Waals surface area contributed by atoms with E-state index in [9.17, 15) is 4.79 Å². The molecule has 1 N–H and O–H groups in total. The molecule has 26 heavy (non-hydrogen) atoms. The predicted octanol–water partition coefficient (Wildman–Crippen LogP) is 4.56. The van der Waals surface area contributed by atoms with Crippen molar-refractivity contribution in [1.82, 2.24) is 0 Å². The van der Waals surface area contributed by atoms with E-state index in [-0.39, 0.29) is 5.91 Å². The maximum Gasteiger partial charge on any atom is 0.234 e. The van der Waals surface area contributed by atoms with Gasteiger partial charge in [0.2, 0.25) is 5.91 Å². The van der Waals surface area contributed by atoms with Gasteiger partial charge in [-0.25, -0.2) is 0 Å². The molecule has 1 aliphatic heterocycles. The average Bonchev–Trinajstić information content (AvgIpc) is 2.70. The zero-order chi connectivity index (χ0) is 18.2. The van der Waals surface area contributed by atoms with E-state index >= 15 is 0 Å². The van der Waals surface area contributed by atoms with Crippen molar-refractivity contribution in [3.63, 3.8) is 0 Å². The summed E-state index contributed by atoms with van der Waals surface area (Å²) in [5, 5.41) is 2.98. The van der Waals surface area contributed by atoms with Gasteiger partial charge in [0, 0.05) is 30.2 Å². The second kappa shape index (κ2) is 9.53. The fourth-order valence-corrected chi connectivity index (χ4v) is 3.88. The van der Waals surface area contributed by atoms with Crippen molar-refractivity contribution in [3.05, 3.63) is 54.1 Å². The average molecular weight is 371 g/mol. The van der Waals surface area contributed by atoms with Gasteiger partial charge in [-0.05, 0) is 61.2 Å². The van der Waals surface area contributed by atoms with Gasteiger partial charge < -0.3 is 15.0 Å². The van der Waals surface area contributed by atoms with Crippen molar-refractivity contribution in [2.45, 2.75) is 25.0 Å². The minimum atomic E-state index is 0.0363. The zero-order valence-electron chi connectivity index (χ0n) is 15.2. The molecule has 4 nitrogen and oxygen atoms in total. The van der Waals surface area contributed by atoms with E-state index in [4.69, 9.17) is 4.74 Å². The van der Waals surface area contributed by atoms with Gasteiger partial charge in [-0.1, -0.05) is 12.1 Å². The summed E-state index contributed by atoms with van der Waals surface area (Å²) in [6, 6.07) is 16.1. The molecule has 0 spiro atoms. The van der Waals surface area contributed by atoms with Crippen LogP contribution in [0.2, 0.25) is 0 Å². The van der Waals surface area contributed by atoms with Crippen molar-refractivity contribution >= 4 is 29.0 Å². The molecule has 0 radical (unpaired) electrons. The smallest absolute Gasteiger partial charge is 0.234 e. The minimum Gasteiger partial charge on any atom is -0.497 e. The van der Waals surface area contributed by atoms with Crippen molar-refractivity contribution in [3.8, 4) is 5.75 Å². The molecule has 138 valence electrons. The third-order valence-corrected chi connectivity index (χ3v) is 5.54. The van der Waals surface area contributed by atoms with E-state index in [1.54, 1.807) is 18.9 Å². The Morgan fingerprint density at radius 2 is 1.73 bits per heavy atom. The standard InChI is InChI=1S/C21H26N2O2S/c1-25-20-11-5-17(6-12-20)15-26-16-21(24)22-18-7-9-19(10-8-18)23-13-3-2-4-14-23/h5-12H,2-4,13-16H2,1H3,(H,22,24). The normalized spacial score (nSPS) is 14.1. The zero-order valence-corrected chi connectivity index (χ0v) is 16.1. The summed E-state index contributed by atoms with van der Waals surface area (Å²) in [6.45, 7) is 2.27. The SMILES string of the molecule is COc1ccc(CSCC(=O)Nc2ccc(N3CCCCC3)cc2)cc1. The summed E-state index contributed by atoms with van der Waals surface area (Å²) in [5.74, 6) is 2.14. The van der Waals surface area contributed by atoms with Crippen LogP contribution in [-0.4, -0.2) is 31.9 Å². The van der Waals surface area contributed by atoms with Crippen LogP contribution in [0.25, 0.3) is 0 Å². The van der Waals surface area contributed by atoms with Crippen molar-refractivity contribution in [2.75, 3.05) is 36.2 Å². The highest BCUT2D eigenvalue weighted by molar-refractivity contribution is 7.99. The Kier molecular flexibility index (Phi) is 6.83. The van der Waals surface area contributed by atoms with Crippen molar-refractivity contribution < 1.29 is 9.53 Å². The molecule has 1 aliphatic rings. The van der Waals surface area contributed by atoms with Gasteiger partial charge in [0.25, 0.3) is 0 Å². The predicted molar refractivity (Wildman–Crippen MR) is 110 cm³/mol. The second-order valence-corrected chi connectivity index (χ2v) is 7.47. The number of thioether (sulfide) groups is 1. The highest BCUT2D eigenvalue weighted by Crippen LogP contribution is 2.22. The summed E-state index contributed by atoms with van der Waals surface area (Å²) < 4.78 is 5.15. The number of amides is 1. The van der Waals surface area contributed by atoms with Crippen molar-refractivity contribution in [2.24, 2.45) is 0 Å². The maximum atomic E-state index is 12.1. The lowest BCUT2D eigenvalue weighted by molar-refractivity contribution is -0.113. The first-order valence-electron chi connectivity index (χ1n) is 9.10. The van der Waals surface area contributed by atoms with Crippen LogP contribution >= 0.6 is 11.8 Å². The first-order chi connectivity index (χ1) is 12.7. The van der Waals surface area contributed by atoms with E-state index in [2.05, 4.69) is 22.3 Å². The lowest BCUT2D eigenvalue weighted by atomic mass is 10.1. The van der Waals surface area contributed by atoms with Crippen LogP contribution in [0.3, 0.4) is 0 Å². The Morgan fingerprint density at radius 3 is 2.38 bits per heavy atom. The van der Waals surface area contributed by atoms with Crippen LogP contribution in [0.1, 0.15) is 24.8 Å². The number of hydrogen-bond donors (Lipinski definition) is 1. The molecule has 5 heteroatoms. The van der Waals surface area contributed by atoms with Crippen LogP contribution in [0.5, 0.6) is 5.75 Å². The number of rotatable bonds is 7. The van der Waals surface area contributed by atoms with Gasteiger partial charge >= 0.3 is 0 Å².